The van der Waals surface area contributed by atoms with Gasteiger partial charge in [-0.25, -0.2) is 0 Å². The molecule has 0 radical (unpaired) electrons. The molecular formula is C10H15BrN2O. The van der Waals surface area contributed by atoms with Crippen molar-refractivity contribution in [2.75, 3.05) is 0 Å². The summed E-state index contributed by atoms with van der Waals surface area (Å²) in [4.78, 5) is 4.36. The summed E-state index contributed by atoms with van der Waals surface area (Å²) in [6.07, 6.45) is 0. The predicted octanol–water partition coefficient (Wildman–Crippen LogP) is 3.11. The highest BCUT2D eigenvalue weighted by molar-refractivity contribution is 9.08. The van der Waals surface area contributed by atoms with Crippen molar-refractivity contribution in [2.45, 2.75) is 38.9 Å². The summed E-state index contributed by atoms with van der Waals surface area (Å²) in [6, 6.07) is 0. The van der Waals surface area contributed by atoms with Gasteiger partial charge >= 0.3 is 0 Å². The van der Waals surface area contributed by atoms with Crippen molar-refractivity contribution in [3.05, 3.63) is 11.7 Å². The minimum atomic E-state index is 0.267. The summed E-state index contributed by atoms with van der Waals surface area (Å²) < 4.78 is 5.26. The Balaban J connectivity index is 2.27. The number of aromatic nitrogens is 2. The normalized spacial score (nSPS) is 23.8. The molecule has 0 aromatic carbocycles. The summed E-state index contributed by atoms with van der Waals surface area (Å²) in [5.74, 6) is 1.92. The molecule has 3 nitrogen and oxygen atoms in total. The lowest BCUT2D eigenvalue weighted by Gasteiger charge is -2.03. The maximum Gasteiger partial charge on any atom is 0.230 e. The van der Waals surface area contributed by atoms with E-state index in [4.69, 9.17) is 4.52 Å². The van der Waals surface area contributed by atoms with Gasteiger partial charge in [0, 0.05) is 5.92 Å². The molecule has 1 aliphatic carbocycles. The molecule has 0 bridgehead atoms. The van der Waals surface area contributed by atoms with Gasteiger partial charge < -0.3 is 4.52 Å². The van der Waals surface area contributed by atoms with Gasteiger partial charge in [-0.05, 0) is 10.8 Å². The zero-order chi connectivity index (χ0) is 10.6. The molecule has 1 aromatic rings. The summed E-state index contributed by atoms with van der Waals surface area (Å²) >= 11 is 3.31. The van der Waals surface area contributed by atoms with Crippen molar-refractivity contribution < 1.29 is 4.52 Å². The van der Waals surface area contributed by atoms with Crippen LogP contribution in [0.25, 0.3) is 0 Å². The van der Waals surface area contributed by atoms with Gasteiger partial charge in [-0.15, -0.1) is 0 Å². The Hall–Kier alpha value is -0.380. The third kappa shape index (κ3) is 1.16. The molecule has 78 valence electrons. The van der Waals surface area contributed by atoms with Crippen molar-refractivity contribution in [3.8, 4) is 0 Å². The van der Waals surface area contributed by atoms with Gasteiger partial charge in [0.05, 0.1) is 5.33 Å². The first-order chi connectivity index (χ1) is 6.41. The first kappa shape index (κ1) is 10.1. The molecule has 0 N–H and O–H groups in total. The maximum atomic E-state index is 5.26. The fourth-order valence-corrected chi connectivity index (χ4v) is 2.48. The Kier molecular flexibility index (Phi) is 2.04. The minimum absolute atomic E-state index is 0.267. The van der Waals surface area contributed by atoms with Crippen LogP contribution in [0.3, 0.4) is 0 Å². The van der Waals surface area contributed by atoms with Crippen LogP contribution in [0, 0.1) is 10.8 Å². The lowest BCUT2D eigenvalue weighted by Crippen LogP contribution is -1.95. The Labute approximate surface area is 92.4 Å². The zero-order valence-electron chi connectivity index (χ0n) is 8.97. The van der Waals surface area contributed by atoms with Crippen LogP contribution in [-0.4, -0.2) is 10.1 Å². The Morgan fingerprint density at radius 2 is 1.86 bits per heavy atom. The van der Waals surface area contributed by atoms with Crippen LogP contribution in [0.2, 0.25) is 0 Å². The van der Waals surface area contributed by atoms with Crippen molar-refractivity contribution >= 4 is 15.9 Å². The average Bonchev–Trinajstić information content (AvgIpc) is 2.51. The molecule has 1 saturated carbocycles. The molecule has 1 aliphatic rings. The van der Waals surface area contributed by atoms with E-state index in [1.165, 1.54) is 0 Å². The number of nitrogens with zero attached hydrogens (tertiary/aromatic N) is 2. The smallest absolute Gasteiger partial charge is 0.230 e. The van der Waals surface area contributed by atoms with Crippen molar-refractivity contribution in [2.24, 2.45) is 10.8 Å². The Bertz CT molecular complexity index is 343. The van der Waals surface area contributed by atoms with Gasteiger partial charge in [-0.1, -0.05) is 48.8 Å². The quantitative estimate of drug-likeness (QED) is 0.766. The van der Waals surface area contributed by atoms with Crippen molar-refractivity contribution in [3.63, 3.8) is 0 Å². The van der Waals surface area contributed by atoms with Crippen LogP contribution >= 0.6 is 15.9 Å². The van der Waals surface area contributed by atoms with Crippen LogP contribution < -0.4 is 0 Å². The second-order valence-electron chi connectivity index (χ2n) is 5.06. The first-order valence-corrected chi connectivity index (χ1v) is 5.92. The summed E-state index contributed by atoms with van der Waals surface area (Å²) in [7, 11) is 0. The third-order valence-corrected chi connectivity index (χ3v) is 4.37. The van der Waals surface area contributed by atoms with E-state index < -0.39 is 0 Å². The fourth-order valence-electron chi connectivity index (χ4n) is 2.25. The van der Waals surface area contributed by atoms with Crippen LogP contribution in [0.15, 0.2) is 4.52 Å². The van der Waals surface area contributed by atoms with E-state index in [2.05, 4.69) is 53.8 Å². The van der Waals surface area contributed by atoms with Gasteiger partial charge in [0.2, 0.25) is 5.89 Å². The van der Waals surface area contributed by atoms with Gasteiger partial charge in [0.15, 0.2) is 5.82 Å². The molecule has 2 rings (SSSR count). The first-order valence-electron chi connectivity index (χ1n) is 4.79. The predicted molar refractivity (Wildman–Crippen MR) is 57.2 cm³/mol. The molecule has 1 fully saturated rings. The molecule has 4 heteroatoms. The van der Waals surface area contributed by atoms with E-state index in [9.17, 15) is 0 Å². The van der Waals surface area contributed by atoms with Crippen LogP contribution in [-0.2, 0) is 5.33 Å². The van der Waals surface area contributed by atoms with E-state index in [0.29, 0.717) is 11.2 Å². The van der Waals surface area contributed by atoms with E-state index in [-0.39, 0.29) is 10.8 Å². The van der Waals surface area contributed by atoms with E-state index >= 15 is 0 Å². The molecule has 0 unspecified atom stereocenters. The van der Waals surface area contributed by atoms with E-state index in [0.717, 1.165) is 11.7 Å². The average molecular weight is 259 g/mol. The number of alkyl halides is 1. The zero-order valence-corrected chi connectivity index (χ0v) is 10.6. The maximum absolute atomic E-state index is 5.26. The van der Waals surface area contributed by atoms with Gasteiger partial charge in [-0.3, -0.25) is 0 Å². The molecule has 0 saturated heterocycles. The fraction of sp³-hybridized carbons (Fsp3) is 0.800. The second-order valence-corrected chi connectivity index (χ2v) is 5.62. The monoisotopic (exact) mass is 258 g/mol. The van der Waals surface area contributed by atoms with Crippen LogP contribution in [0.4, 0.5) is 0 Å². The Morgan fingerprint density at radius 1 is 1.29 bits per heavy atom. The molecular weight excluding hydrogens is 244 g/mol. The van der Waals surface area contributed by atoms with Crippen molar-refractivity contribution in [1.29, 1.82) is 0 Å². The van der Waals surface area contributed by atoms with Crippen LogP contribution in [0.1, 0.15) is 45.3 Å². The van der Waals surface area contributed by atoms with Gasteiger partial charge in [0.1, 0.15) is 0 Å². The topological polar surface area (TPSA) is 38.9 Å². The number of hydrogen-bond acceptors (Lipinski definition) is 3. The molecule has 1 heterocycles. The largest absolute Gasteiger partial charge is 0.339 e. The molecule has 0 spiro atoms. The molecule has 0 atom stereocenters. The highest BCUT2D eigenvalue weighted by atomic mass is 79.9. The standard InChI is InChI=1S/C10H15BrN2O/c1-9(2)7(10(9,3)4)8-12-6(5-11)13-14-8/h7H,5H2,1-4H3. The second kappa shape index (κ2) is 2.81. The summed E-state index contributed by atoms with van der Waals surface area (Å²) in [5, 5.41) is 4.55. The van der Waals surface area contributed by atoms with Crippen LogP contribution in [0.5, 0.6) is 0 Å². The Morgan fingerprint density at radius 3 is 2.21 bits per heavy atom. The third-order valence-electron chi connectivity index (χ3n) is 3.87. The highest BCUT2D eigenvalue weighted by Crippen LogP contribution is 2.73. The summed E-state index contributed by atoms with van der Waals surface area (Å²) in [6.45, 7) is 8.98. The van der Waals surface area contributed by atoms with Crippen molar-refractivity contribution in [1.82, 2.24) is 10.1 Å². The molecule has 1 aromatic heterocycles. The summed E-state index contributed by atoms with van der Waals surface area (Å²) in [5.41, 5.74) is 0.534. The lowest BCUT2D eigenvalue weighted by molar-refractivity contribution is 0.362. The number of halogens is 1. The molecule has 0 aliphatic heterocycles. The highest BCUT2D eigenvalue weighted by Gasteiger charge is 2.67. The van der Waals surface area contributed by atoms with Gasteiger partial charge in [0.25, 0.3) is 0 Å². The lowest BCUT2D eigenvalue weighted by atomic mass is 10.0. The molecule has 0 amide bonds. The SMILES string of the molecule is CC1(C)C(c2nc(CBr)no2)C1(C)C. The van der Waals surface area contributed by atoms with E-state index in [1.54, 1.807) is 0 Å². The minimum Gasteiger partial charge on any atom is -0.339 e. The molecule has 14 heavy (non-hydrogen) atoms. The number of rotatable bonds is 2. The van der Waals surface area contributed by atoms with E-state index in [1.807, 2.05) is 0 Å². The van der Waals surface area contributed by atoms with Gasteiger partial charge in [-0.2, -0.15) is 4.98 Å². The number of hydrogen-bond donors (Lipinski definition) is 0.